The van der Waals surface area contributed by atoms with Crippen LogP contribution in [0.2, 0.25) is 0 Å². The molecule has 4 aliphatic heterocycles. The van der Waals surface area contributed by atoms with Crippen molar-refractivity contribution in [2.75, 3.05) is 51.1 Å². The zero-order chi connectivity index (χ0) is 30.5. The minimum Gasteiger partial charge on any atom is -0.508 e. The van der Waals surface area contributed by atoms with Crippen LogP contribution in [0, 0.1) is 0 Å². The van der Waals surface area contributed by atoms with Gasteiger partial charge in [0.2, 0.25) is 6.10 Å². The number of carbonyl (C=O) groups excluding carboxylic acids is 3. The van der Waals surface area contributed by atoms with Crippen molar-refractivity contribution in [3.05, 3.63) is 59.7 Å². The Kier molecular flexibility index (Phi) is 9.37. The molecule has 0 spiro atoms. The summed E-state index contributed by atoms with van der Waals surface area (Å²) in [6.07, 6.45) is 6.00. The highest BCUT2D eigenvalue weighted by atomic mass is 16.6. The number of para-hydroxylation sites is 1. The molecule has 0 radical (unpaired) electrons. The quantitative estimate of drug-likeness (QED) is 0.425. The van der Waals surface area contributed by atoms with Crippen LogP contribution in [-0.2, 0) is 22.4 Å². The van der Waals surface area contributed by atoms with E-state index in [1.54, 1.807) is 29.2 Å². The van der Waals surface area contributed by atoms with Gasteiger partial charge in [0.05, 0.1) is 19.1 Å². The normalized spacial score (nSPS) is 22.0. The Labute approximate surface area is 259 Å². The summed E-state index contributed by atoms with van der Waals surface area (Å²) in [5.74, 6) is 0.168. The molecule has 4 amide bonds. The number of rotatable bonds is 6. The number of urea groups is 1. The van der Waals surface area contributed by atoms with Crippen LogP contribution in [0.4, 0.5) is 15.3 Å². The Bertz CT molecular complexity index is 1310. The first-order valence-corrected chi connectivity index (χ1v) is 16.4. The number of carbonyl (C=O) groups is 3. The summed E-state index contributed by atoms with van der Waals surface area (Å²) in [5, 5.41) is 16.3. The molecule has 10 nitrogen and oxygen atoms in total. The molecule has 6 rings (SSSR count). The Morgan fingerprint density at radius 2 is 1.64 bits per heavy atom. The van der Waals surface area contributed by atoms with Crippen LogP contribution in [0.3, 0.4) is 0 Å². The Balaban J connectivity index is 1.14. The van der Waals surface area contributed by atoms with Crippen LogP contribution in [0.5, 0.6) is 5.75 Å². The molecule has 3 saturated heterocycles. The molecule has 1 atom stereocenters. The van der Waals surface area contributed by atoms with Crippen LogP contribution in [-0.4, -0.2) is 101 Å². The van der Waals surface area contributed by atoms with Crippen LogP contribution in [0.1, 0.15) is 56.1 Å². The van der Waals surface area contributed by atoms with E-state index in [4.69, 9.17) is 4.74 Å². The molecular formula is C34H46N5O5+. The standard InChI is InChI=1S/C34H45N5O5/c40-29-10-8-25(9-11-29)24-31(32(41)39(22-4-1-5-23-39)28-12-17-35-18-13-28)44-34(43)37-19-15-27(16-20-37)38-21-14-26-6-2-3-7-30(26)36-33(38)42/h2-3,6-11,27-28,31,35H,1,4-5,12-24H2,(H-,36,40,42)/p+1/t31-/m1/s1. The molecule has 0 bridgehead atoms. The first kappa shape index (κ1) is 30.4. The molecule has 2 aromatic carbocycles. The molecule has 2 aromatic rings. The Morgan fingerprint density at radius 1 is 0.932 bits per heavy atom. The van der Waals surface area contributed by atoms with E-state index in [0.717, 1.165) is 81.5 Å². The van der Waals surface area contributed by atoms with E-state index in [1.807, 2.05) is 23.1 Å². The zero-order valence-electron chi connectivity index (χ0n) is 25.6. The third-order valence-corrected chi connectivity index (χ3v) is 10.2. The van der Waals surface area contributed by atoms with E-state index in [-0.39, 0.29) is 36.2 Å². The van der Waals surface area contributed by atoms with Gasteiger partial charge in [0.15, 0.2) is 0 Å². The number of phenolic OH excluding ortho intramolecular Hbond substituents is 1. The molecule has 44 heavy (non-hydrogen) atoms. The number of anilines is 1. The number of likely N-dealkylation sites (tertiary alicyclic amines) is 2. The number of amides is 4. The van der Waals surface area contributed by atoms with E-state index < -0.39 is 12.2 Å². The number of fused-ring (bicyclic) bond motifs is 1. The monoisotopic (exact) mass is 604 g/mol. The van der Waals surface area contributed by atoms with Crippen molar-refractivity contribution >= 4 is 23.7 Å². The number of ether oxygens (including phenoxy) is 1. The molecule has 0 unspecified atom stereocenters. The van der Waals surface area contributed by atoms with Crippen molar-refractivity contribution in [1.82, 2.24) is 15.1 Å². The van der Waals surface area contributed by atoms with E-state index >= 15 is 0 Å². The summed E-state index contributed by atoms with van der Waals surface area (Å²) in [6, 6.07) is 14.9. The second-order valence-corrected chi connectivity index (χ2v) is 12.9. The summed E-state index contributed by atoms with van der Waals surface area (Å²) in [6.45, 7) is 4.95. The number of benzene rings is 2. The van der Waals surface area contributed by atoms with E-state index in [9.17, 15) is 19.5 Å². The van der Waals surface area contributed by atoms with Crippen LogP contribution in [0.15, 0.2) is 48.5 Å². The molecule has 4 heterocycles. The van der Waals surface area contributed by atoms with Crippen LogP contribution < -0.4 is 10.6 Å². The fraction of sp³-hybridized carbons (Fsp3) is 0.559. The SMILES string of the molecule is O=C(O[C@H](Cc1ccc(O)cc1)C(=O)[N+]1(C2CCNCC2)CCCCC1)N1CCC(N2CCc3ccccc3NC2=O)CC1. The largest absolute Gasteiger partial charge is 0.508 e. The fourth-order valence-electron chi connectivity index (χ4n) is 7.75. The highest BCUT2D eigenvalue weighted by Crippen LogP contribution is 2.31. The van der Waals surface area contributed by atoms with E-state index in [0.29, 0.717) is 37.0 Å². The van der Waals surface area contributed by atoms with Crippen molar-refractivity contribution in [1.29, 1.82) is 0 Å². The van der Waals surface area contributed by atoms with Crippen molar-refractivity contribution in [2.24, 2.45) is 0 Å². The number of aromatic hydroxyl groups is 1. The number of hydrogen-bond acceptors (Lipinski definition) is 6. The van der Waals surface area contributed by atoms with Crippen molar-refractivity contribution in [3.8, 4) is 5.75 Å². The molecule has 10 heteroatoms. The van der Waals surface area contributed by atoms with Gasteiger partial charge in [0, 0.05) is 63.7 Å². The minimum atomic E-state index is -0.910. The Morgan fingerprint density at radius 3 is 2.36 bits per heavy atom. The fourth-order valence-corrected chi connectivity index (χ4v) is 7.75. The van der Waals surface area contributed by atoms with Gasteiger partial charge in [-0.15, -0.1) is 0 Å². The number of quaternary nitrogens is 1. The lowest BCUT2D eigenvalue weighted by Crippen LogP contribution is -2.67. The van der Waals surface area contributed by atoms with E-state index in [2.05, 4.69) is 16.7 Å². The highest BCUT2D eigenvalue weighted by molar-refractivity contribution is 5.91. The molecular weight excluding hydrogens is 558 g/mol. The molecule has 236 valence electrons. The summed E-state index contributed by atoms with van der Waals surface area (Å²) in [4.78, 5) is 44.9. The summed E-state index contributed by atoms with van der Waals surface area (Å²) < 4.78 is 6.57. The van der Waals surface area contributed by atoms with Gasteiger partial charge in [-0.1, -0.05) is 30.3 Å². The second-order valence-electron chi connectivity index (χ2n) is 12.9. The number of piperidine rings is 3. The average Bonchev–Trinajstić information content (AvgIpc) is 3.24. The van der Waals surface area contributed by atoms with Crippen molar-refractivity contribution < 1.29 is 28.7 Å². The molecule has 3 N–H and O–H groups in total. The topological polar surface area (TPSA) is 111 Å². The minimum absolute atomic E-state index is 0.00807. The van der Waals surface area contributed by atoms with Crippen molar-refractivity contribution in [3.63, 3.8) is 0 Å². The van der Waals surface area contributed by atoms with Crippen molar-refractivity contribution in [2.45, 2.75) is 76.0 Å². The lowest BCUT2D eigenvalue weighted by molar-refractivity contribution is -0.886. The predicted octanol–water partition coefficient (Wildman–Crippen LogP) is 4.27. The Hall–Kier alpha value is -3.63. The molecule has 0 aromatic heterocycles. The molecule has 4 aliphatic rings. The first-order chi connectivity index (χ1) is 21.4. The maximum Gasteiger partial charge on any atom is 0.410 e. The lowest BCUT2D eigenvalue weighted by Gasteiger charge is -2.47. The average molecular weight is 605 g/mol. The summed E-state index contributed by atoms with van der Waals surface area (Å²) in [5.41, 5.74) is 2.85. The van der Waals surface area contributed by atoms with Gasteiger partial charge in [0.25, 0.3) is 0 Å². The number of phenols is 1. The third-order valence-electron chi connectivity index (χ3n) is 10.2. The summed E-state index contributed by atoms with van der Waals surface area (Å²) in [7, 11) is 0. The predicted molar refractivity (Wildman–Crippen MR) is 167 cm³/mol. The smallest absolute Gasteiger partial charge is 0.410 e. The van der Waals surface area contributed by atoms with Gasteiger partial charge in [-0.25, -0.2) is 14.4 Å². The molecule has 0 aliphatic carbocycles. The first-order valence-electron chi connectivity index (χ1n) is 16.4. The second kappa shape index (κ2) is 13.6. The molecule has 3 fully saturated rings. The van der Waals surface area contributed by atoms with Gasteiger partial charge < -0.3 is 30.3 Å². The highest BCUT2D eigenvalue weighted by Gasteiger charge is 2.49. The maximum absolute atomic E-state index is 14.6. The van der Waals surface area contributed by atoms with Crippen LogP contribution in [0.25, 0.3) is 0 Å². The van der Waals surface area contributed by atoms with Gasteiger partial charge in [0.1, 0.15) is 5.75 Å². The maximum atomic E-state index is 14.6. The van der Waals surface area contributed by atoms with Gasteiger partial charge in [-0.3, -0.25) is 4.48 Å². The number of hydrogen-bond donors (Lipinski definition) is 3. The van der Waals surface area contributed by atoms with Gasteiger partial charge >= 0.3 is 18.0 Å². The van der Waals surface area contributed by atoms with Crippen LogP contribution >= 0.6 is 0 Å². The lowest BCUT2D eigenvalue weighted by atomic mass is 9.94. The van der Waals surface area contributed by atoms with Gasteiger partial charge in [-0.2, -0.15) is 0 Å². The summed E-state index contributed by atoms with van der Waals surface area (Å²) >= 11 is 0. The third kappa shape index (κ3) is 6.56. The molecule has 0 saturated carbocycles. The zero-order valence-corrected chi connectivity index (χ0v) is 25.6. The van der Waals surface area contributed by atoms with E-state index in [1.165, 1.54) is 0 Å². The number of nitrogens with one attached hydrogen (secondary N) is 2. The number of nitrogens with zero attached hydrogens (tertiary/aromatic N) is 3. The van der Waals surface area contributed by atoms with Gasteiger partial charge in [-0.05, 0) is 67.9 Å².